The lowest BCUT2D eigenvalue weighted by atomic mass is 9.99. The van der Waals surface area contributed by atoms with Crippen LogP contribution in [0.15, 0.2) is 30.5 Å². The number of anilines is 1. The molecule has 5 nitrogen and oxygen atoms in total. The number of aromatic nitrogens is 1. The van der Waals surface area contributed by atoms with Gasteiger partial charge in [0.1, 0.15) is 5.54 Å². The molecular weight excluding hydrogens is 278 g/mol. The molecule has 1 aromatic heterocycles. The summed E-state index contributed by atoms with van der Waals surface area (Å²) in [6.07, 6.45) is 2.18. The third-order valence-corrected chi connectivity index (χ3v) is 3.78. The van der Waals surface area contributed by atoms with E-state index in [1.54, 1.807) is 24.4 Å². The fraction of sp³-hybridized carbons (Fsp3) is 0.286. The number of nitrogens with zero attached hydrogens (tertiary/aromatic N) is 1. The fourth-order valence-corrected chi connectivity index (χ4v) is 2.47. The van der Waals surface area contributed by atoms with Crippen LogP contribution in [-0.4, -0.2) is 29.6 Å². The Hall–Kier alpha value is -1.69. The van der Waals surface area contributed by atoms with Crippen LogP contribution in [0.5, 0.6) is 0 Å². The summed E-state index contributed by atoms with van der Waals surface area (Å²) in [5.41, 5.74) is 6.39. The molecule has 1 saturated heterocycles. The predicted octanol–water partition coefficient (Wildman–Crippen LogP) is 1.94. The van der Waals surface area contributed by atoms with Crippen molar-refractivity contribution in [2.45, 2.75) is 12.0 Å². The maximum Gasteiger partial charge on any atom is 0.246 e. The Labute approximate surface area is 121 Å². The highest BCUT2D eigenvalue weighted by Gasteiger charge is 2.38. The van der Waals surface area contributed by atoms with Gasteiger partial charge in [0.25, 0.3) is 0 Å². The number of ether oxygens (including phenoxy) is 1. The Bertz CT molecular complexity index is 669. The minimum atomic E-state index is -0.964. The van der Waals surface area contributed by atoms with Crippen LogP contribution in [0.2, 0.25) is 5.02 Å². The summed E-state index contributed by atoms with van der Waals surface area (Å²) >= 11 is 6.10. The first-order chi connectivity index (χ1) is 9.60. The van der Waals surface area contributed by atoms with E-state index in [9.17, 15) is 4.79 Å². The molecular formula is C14H14ClN3O2. The second-order valence-electron chi connectivity index (χ2n) is 4.91. The van der Waals surface area contributed by atoms with Crippen molar-refractivity contribution < 1.29 is 9.53 Å². The summed E-state index contributed by atoms with van der Waals surface area (Å²) in [4.78, 5) is 16.5. The highest BCUT2D eigenvalue weighted by atomic mass is 35.5. The molecule has 1 aliphatic heterocycles. The van der Waals surface area contributed by atoms with E-state index in [2.05, 4.69) is 10.3 Å². The maximum atomic E-state index is 12.3. The monoisotopic (exact) mass is 291 g/mol. The van der Waals surface area contributed by atoms with Gasteiger partial charge in [-0.25, -0.2) is 0 Å². The number of halogens is 1. The number of carbonyl (C=O) groups is 1. The van der Waals surface area contributed by atoms with Gasteiger partial charge in [0, 0.05) is 18.2 Å². The van der Waals surface area contributed by atoms with Gasteiger partial charge in [0.2, 0.25) is 5.91 Å². The van der Waals surface area contributed by atoms with Crippen LogP contribution >= 0.6 is 11.6 Å². The van der Waals surface area contributed by atoms with Gasteiger partial charge in [-0.15, -0.1) is 0 Å². The van der Waals surface area contributed by atoms with E-state index in [-0.39, 0.29) is 12.5 Å². The number of carbonyl (C=O) groups excluding carboxylic acids is 1. The number of hydrogen-bond acceptors (Lipinski definition) is 4. The number of amides is 1. The first-order valence-corrected chi connectivity index (χ1v) is 6.69. The van der Waals surface area contributed by atoms with Gasteiger partial charge in [0.05, 0.1) is 22.8 Å². The van der Waals surface area contributed by atoms with Crippen LogP contribution < -0.4 is 11.1 Å². The number of hydrogen-bond donors (Lipinski definition) is 2. The molecule has 3 rings (SSSR count). The van der Waals surface area contributed by atoms with E-state index in [0.717, 1.165) is 5.39 Å². The molecule has 0 aliphatic carbocycles. The normalized spacial score (nSPS) is 22.1. The van der Waals surface area contributed by atoms with Crippen LogP contribution in [-0.2, 0) is 9.53 Å². The molecule has 0 bridgehead atoms. The van der Waals surface area contributed by atoms with Crippen molar-refractivity contribution >= 4 is 34.1 Å². The van der Waals surface area contributed by atoms with Gasteiger partial charge < -0.3 is 15.8 Å². The summed E-state index contributed by atoms with van der Waals surface area (Å²) in [7, 11) is 0. The summed E-state index contributed by atoms with van der Waals surface area (Å²) in [5.74, 6) is -0.248. The van der Waals surface area contributed by atoms with Crippen LogP contribution in [0.4, 0.5) is 5.69 Å². The zero-order chi connectivity index (χ0) is 14.2. The number of rotatable bonds is 2. The molecule has 1 unspecified atom stereocenters. The quantitative estimate of drug-likeness (QED) is 0.886. The second-order valence-corrected chi connectivity index (χ2v) is 5.31. The molecule has 20 heavy (non-hydrogen) atoms. The molecule has 104 valence electrons. The summed E-state index contributed by atoms with van der Waals surface area (Å²) in [6, 6.07) is 7.12. The van der Waals surface area contributed by atoms with E-state index in [1.807, 2.05) is 6.07 Å². The number of nitrogens with one attached hydrogen (secondary N) is 1. The topological polar surface area (TPSA) is 77.2 Å². The molecule has 1 fully saturated rings. The lowest BCUT2D eigenvalue weighted by Gasteiger charge is -2.21. The Balaban J connectivity index is 1.95. The van der Waals surface area contributed by atoms with E-state index in [1.165, 1.54) is 0 Å². The zero-order valence-electron chi connectivity index (χ0n) is 10.7. The zero-order valence-corrected chi connectivity index (χ0v) is 11.5. The molecule has 1 aliphatic rings. The smallest absolute Gasteiger partial charge is 0.246 e. The van der Waals surface area contributed by atoms with Gasteiger partial charge in [-0.2, -0.15) is 0 Å². The molecule has 1 atom stereocenters. The van der Waals surface area contributed by atoms with Crippen LogP contribution in [0, 0.1) is 0 Å². The lowest BCUT2D eigenvalue weighted by molar-refractivity contribution is -0.121. The molecule has 0 spiro atoms. The average molecular weight is 292 g/mol. The van der Waals surface area contributed by atoms with E-state index in [4.69, 9.17) is 22.1 Å². The largest absolute Gasteiger partial charge is 0.379 e. The Morgan fingerprint density at radius 1 is 1.45 bits per heavy atom. The number of benzene rings is 1. The standard InChI is InChI=1S/C14H14ClN3O2/c15-10-3-4-11(9-2-1-6-17-12(9)10)18-13(19)14(16)5-7-20-8-14/h1-4,6H,5,7-8,16H2,(H,18,19). The van der Waals surface area contributed by atoms with E-state index >= 15 is 0 Å². The van der Waals surface area contributed by atoms with Crippen molar-refractivity contribution in [2.75, 3.05) is 18.5 Å². The van der Waals surface area contributed by atoms with Crippen molar-refractivity contribution in [3.05, 3.63) is 35.5 Å². The van der Waals surface area contributed by atoms with Gasteiger partial charge in [-0.3, -0.25) is 9.78 Å². The Morgan fingerprint density at radius 3 is 3.05 bits per heavy atom. The first kappa shape index (κ1) is 13.3. The van der Waals surface area contributed by atoms with Gasteiger partial charge >= 0.3 is 0 Å². The van der Waals surface area contributed by atoms with Crippen molar-refractivity contribution in [2.24, 2.45) is 5.73 Å². The summed E-state index contributed by atoms with van der Waals surface area (Å²) in [5, 5.41) is 4.19. The van der Waals surface area contributed by atoms with Crippen molar-refractivity contribution in [3.8, 4) is 0 Å². The third-order valence-electron chi connectivity index (χ3n) is 3.47. The summed E-state index contributed by atoms with van der Waals surface area (Å²) < 4.78 is 5.21. The van der Waals surface area contributed by atoms with Crippen molar-refractivity contribution in [1.29, 1.82) is 0 Å². The molecule has 2 heterocycles. The lowest BCUT2D eigenvalue weighted by Crippen LogP contribution is -2.51. The van der Waals surface area contributed by atoms with E-state index in [0.29, 0.717) is 29.3 Å². The number of pyridine rings is 1. The van der Waals surface area contributed by atoms with Crippen LogP contribution in [0.25, 0.3) is 10.9 Å². The minimum absolute atomic E-state index is 0.239. The van der Waals surface area contributed by atoms with Gasteiger partial charge in [-0.05, 0) is 30.7 Å². The minimum Gasteiger partial charge on any atom is -0.379 e. The fourth-order valence-electron chi connectivity index (χ4n) is 2.25. The third kappa shape index (κ3) is 2.24. The number of nitrogens with two attached hydrogens (primary N) is 1. The molecule has 1 aromatic carbocycles. The van der Waals surface area contributed by atoms with E-state index < -0.39 is 5.54 Å². The second kappa shape index (κ2) is 5.01. The number of fused-ring (bicyclic) bond motifs is 1. The highest BCUT2D eigenvalue weighted by molar-refractivity contribution is 6.35. The first-order valence-electron chi connectivity index (χ1n) is 6.31. The van der Waals surface area contributed by atoms with Crippen LogP contribution in [0.3, 0.4) is 0 Å². The molecule has 2 aromatic rings. The molecule has 1 amide bonds. The SMILES string of the molecule is NC1(C(=O)Nc2ccc(Cl)c3ncccc23)CCOC1. The van der Waals surface area contributed by atoms with Crippen LogP contribution in [0.1, 0.15) is 6.42 Å². The molecule has 6 heteroatoms. The molecule has 0 saturated carbocycles. The molecule has 3 N–H and O–H groups in total. The molecule has 0 radical (unpaired) electrons. The predicted molar refractivity (Wildman–Crippen MR) is 77.7 cm³/mol. The van der Waals surface area contributed by atoms with Gasteiger partial charge in [0.15, 0.2) is 0 Å². The van der Waals surface area contributed by atoms with Crippen molar-refractivity contribution in [3.63, 3.8) is 0 Å². The highest BCUT2D eigenvalue weighted by Crippen LogP contribution is 2.29. The average Bonchev–Trinajstić information content (AvgIpc) is 2.90. The maximum absolute atomic E-state index is 12.3. The Morgan fingerprint density at radius 2 is 2.30 bits per heavy atom. The van der Waals surface area contributed by atoms with Gasteiger partial charge in [-0.1, -0.05) is 11.6 Å². The Kier molecular flexibility index (Phi) is 3.33. The summed E-state index contributed by atoms with van der Waals surface area (Å²) in [6.45, 7) is 0.745. The van der Waals surface area contributed by atoms with Crippen molar-refractivity contribution in [1.82, 2.24) is 4.98 Å².